The topological polar surface area (TPSA) is 73.1 Å². The van der Waals surface area contributed by atoms with E-state index < -0.39 is 0 Å². The standard InChI is InChI=1S/C21H23N5O2/c1-15-6-3-4-8-18(15)28-20-19(22-10-11-23-20)16-7-5-12-26(14-16)21(27)17-9-13-25(2)24-17/h3-4,6,8-11,13,16H,5,7,12,14H2,1-2H3. The van der Waals surface area contributed by atoms with Gasteiger partial charge in [-0.15, -0.1) is 0 Å². The summed E-state index contributed by atoms with van der Waals surface area (Å²) in [6.07, 6.45) is 6.94. The van der Waals surface area contributed by atoms with Crippen LogP contribution in [0.2, 0.25) is 0 Å². The summed E-state index contributed by atoms with van der Waals surface area (Å²) < 4.78 is 7.73. The van der Waals surface area contributed by atoms with Crippen molar-refractivity contribution in [1.29, 1.82) is 0 Å². The number of amides is 1. The molecule has 144 valence electrons. The zero-order chi connectivity index (χ0) is 19.5. The molecule has 0 spiro atoms. The lowest BCUT2D eigenvalue weighted by Gasteiger charge is -2.32. The molecule has 7 heteroatoms. The minimum atomic E-state index is -0.0458. The van der Waals surface area contributed by atoms with E-state index in [0.29, 0.717) is 18.1 Å². The minimum Gasteiger partial charge on any atom is -0.437 e. The van der Waals surface area contributed by atoms with Crippen molar-refractivity contribution < 1.29 is 9.53 Å². The molecule has 0 saturated carbocycles. The first kappa shape index (κ1) is 18.2. The van der Waals surface area contributed by atoms with Crippen LogP contribution in [0.5, 0.6) is 11.6 Å². The molecule has 0 radical (unpaired) electrons. The van der Waals surface area contributed by atoms with Crippen LogP contribution in [0.3, 0.4) is 0 Å². The molecule has 1 aliphatic heterocycles. The number of nitrogens with zero attached hydrogens (tertiary/aromatic N) is 5. The van der Waals surface area contributed by atoms with E-state index in [1.54, 1.807) is 29.3 Å². The van der Waals surface area contributed by atoms with Gasteiger partial charge in [-0.05, 0) is 37.5 Å². The van der Waals surface area contributed by atoms with Crippen LogP contribution in [0.25, 0.3) is 0 Å². The summed E-state index contributed by atoms with van der Waals surface area (Å²) >= 11 is 0. The van der Waals surface area contributed by atoms with Crippen LogP contribution in [0.1, 0.15) is 40.5 Å². The fourth-order valence-corrected chi connectivity index (χ4v) is 3.55. The maximum absolute atomic E-state index is 12.8. The van der Waals surface area contributed by atoms with Crippen molar-refractivity contribution in [2.24, 2.45) is 7.05 Å². The predicted octanol–water partition coefficient (Wildman–Crippen LogP) is 3.33. The lowest BCUT2D eigenvalue weighted by atomic mass is 9.94. The van der Waals surface area contributed by atoms with Crippen molar-refractivity contribution in [3.8, 4) is 11.6 Å². The molecule has 4 rings (SSSR count). The van der Waals surface area contributed by atoms with Gasteiger partial charge in [-0.3, -0.25) is 14.5 Å². The van der Waals surface area contributed by atoms with Gasteiger partial charge >= 0.3 is 0 Å². The first-order valence-electron chi connectivity index (χ1n) is 9.45. The number of ether oxygens (including phenoxy) is 1. The summed E-state index contributed by atoms with van der Waals surface area (Å²) in [5, 5.41) is 4.24. The van der Waals surface area contributed by atoms with Crippen molar-refractivity contribution in [2.75, 3.05) is 13.1 Å². The van der Waals surface area contributed by atoms with Gasteiger partial charge in [0.15, 0.2) is 0 Å². The molecular weight excluding hydrogens is 354 g/mol. The Hall–Kier alpha value is -3.22. The molecule has 3 aromatic rings. The molecule has 0 N–H and O–H groups in total. The third-order valence-corrected chi connectivity index (χ3v) is 5.02. The number of likely N-dealkylation sites (tertiary alicyclic amines) is 1. The third kappa shape index (κ3) is 3.74. The number of hydrogen-bond acceptors (Lipinski definition) is 5. The molecule has 28 heavy (non-hydrogen) atoms. The summed E-state index contributed by atoms with van der Waals surface area (Å²) in [5.41, 5.74) is 2.30. The Bertz CT molecular complexity index is 984. The number of aromatic nitrogens is 4. The summed E-state index contributed by atoms with van der Waals surface area (Å²) in [6.45, 7) is 3.30. The minimum absolute atomic E-state index is 0.0458. The smallest absolute Gasteiger partial charge is 0.274 e. The molecule has 0 aliphatic carbocycles. The van der Waals surface area contributed by atoms with Crippen LogP contribution in [0.4, 0.5) is 0 Å². The van der Waals surface area contributed by atoms with E-state index in [9.17, 15) is 4.79 Å². The quantitative estimate of drug-likeness (QED) is 0.697. The highest BCUT2D eigenvalue weighted by atomic mass is 16.5. The number of aryl methyl sites for hydroxylation is 2. The van der Waals surface area contributed by atoms with E-state index in [2.05, 4.69) is 15.1 Å². The third-order valence-electron chi connectivity index (χ3n) is 5.02. The highest BCUT2D eigenvalue weighted by molar-refractivity contribution is 5.92. The molecule has 1 saturated heterocycles. The van der Waals surface area contributed by atoms with Crippen LogP contribution in [0.15, 0.2) is 48.9 Å². The van der Waals surface area contributed by atoms with E-state index in [0.717, 1.165) is 36.4 Å². The second-order valence-corrected chi connectivity index (χ2v) is 7.08. The van der Waals surface area contributed by atoms with E-state index >= 15 is 0 Å². The molecule has 1 fully saturated rings. The average molecular weight is 377 g/mol. The van der Waals surface area contributed by atoms with Gasteiger partial charge < -0.3 is 9.64 Å². The van der Waals surface area contributed by atoms with Gasteiger partial charge in [-0.25, -0.2) is 4.98 Å². The number of piperidine rings is 1. The van der Waals surface area contributed by atoms with Crippen LogP contribution < -0.4 is 4.74 Å². The Kier molecular flexibility index (Phi) is 5.06. The first-order chi connectivity index (χ1) is 13.6. The van der Waals surface area contributed by atoms with Crippen LogP contribution in [-0.4, -0.2) is 43.6 Å². The lowest BCUT2D eigenvalue weighted by Crippen LogP contribution is -2.39. The lowest BCUT2D eigenvalue weighted by molar-refractivity contribution is 0.0698. The molecule has 1 aromatic carbocycles. The number of benzene rings is 1. The molecule has 1 amide bonds. The monoisotopic (exact) mass is 377 g/mol. The van der Waals surface area contributed by atoms with Gasteiger partial charge in [0.05, 0.1) is 0 Å². The maximum atomic E-state index is 12.8. The number of carbonyl (C=O) groups is 1. The fourth-order valence-electron chi connectivity index (χ4n) is 3.55. The molecule has 3 heterocycles. The van der Waals surface area contributed by atoms with Crippen LogP contribution >= 0.6 is 0 Å². The van der Waals surface area contributed by atoms with Gasteiger partial charge in [-0.1, -0.05) is 18.2 Å². The molecule has 1 aliphatic rings. The Morgan fingerprint density at radius 3 is 2.79 bits per heavy atom. The van der Waals surface area contributed by atoms with Crippen LogP contribution in [0, 0.1) is 6.92 Å². The predicted molar refractivity (Wildman–Crippen MR) is 104 cm³/mol. The number of hydrogen-bond donors (Lipinski definition) is 0. The largest absolute Gasteiger partial charge is 0.437 e. The summed E-state index contributed by atoms with van der Waals surface area (Å²) in [6, 6.07) is 9.58. The highest BCUT2D eigenvalue weighted by Crippen LogP contribution is 2.33. The van der Waals surface area contributed by atoms with Gasteiger partial charge in [0, 0.05) is 44.6 Å². The summed E-state index contributed by atoms with van der Waals surface area (Å²) in [5.74, 6) is 1.31. The molecule has 1 unspecified atom stereocenters. The molecule has 0 bridgehead atoms. The SMILES string of the molecule is Cc1ccccc1Oc1nccnc1C1CCCN(C(=O)c2ccn(C)n2)C1. The molecular formula is C21H23N5O2. The summed E-state index contributed by atoms with van der Waals surface area (Å²) in [4.78, 5) is 23.6. The van der Waals surface area contributed by atoms with E-state index in [-0.39, 0.29) is 11.8 Å². The van der Waals surface area contributed by atoms with E-state index in [1.807, 2.05) is 43.1 Å². The number of carbonyl (C=O) groups excluding carboxylic acids is 1. The van der Waals surface area contributed by atoms with Gasteiger partial charge in [-0.2, -0.15) is 5.10 Å². The zero-order valence-electron chi connectivity index (χ0n) is 16.1. The van der Waals surface area contributed by atoms with Gasteiger partial charge in [0.25, 0.3) is 5.91 Å². The Balaban J connectivity index is 1.55. The fraction of sp³-hybridized carbons (Fsp3) is 0.333. The van der Waals surface area contributed by atoms with Crippen molar-refractivity contribution in [1.82, 2.24) is 24.6 Å². The first-order valence-corrected chi connectivity index (χ1v) is 9.45. The van der Waals surface area contributed by atoms with Crippen molar-refractivity contribution >= 4 is 5.91 Å². The van der Waals surface area contributed by atoms with Crippen molar-refractivity contribution in [3.05, 3.63) is 65.9 Å². The van der Waals surface area contributed by atoms with Crippen LogP contribution in [-0.2, 0) is 7.05 Å². The van der Waals surface area contributed by atoms with E-state index in [4.69, 9.17) is 4.74 Å². The molecule has 1 atom stereocenters. The Labute approximate surface area is 164 Å². The summed E-state index contributed by atoms with van der Waals surface area (Å²) in [7, 11) is 1.81. The normalized spacial score (nSPS) is 16.8. The number of para-hydroxylation sites is 1. The highest BCUT2D eigenvalue weighted by Gasteiger charge is 2.29. The maximum Gasteiger partial charge on any atom is 0.274 e. The Morgan fingerprint density at radius 1 is 1.18 bits per heavy atom. The molecule has 7 nitrogen and oxygen atoms in total. The van der Waals surface area contributed by atoms with Gasteiger partial charge in [0.2, 0.25) is 5.88 Å². The number of rotatable bonds is 4. The van der Waals surface area contributed by atoms with Crippen molar-refractivity contribution in [3.63, 3.8) is 0 Å². The second kappa shape index (κ2) is 7.80. The van der Waals surface area contributed by atoms with Crippen molar-refractivity contribution in [2.45, 2.75) is 25.7 Å². The zero-order valence-corrected chi connectivity index (χ0v) is 16.1. The molecule has 2 aromatic heterocycles. The van der Waals surface area contributed by atoms with E-state index in [1.165, 1.54) is 0 Å². The Morgan fingerprint density at radius 2 is 2.00 bits per heavy atom. The van der Waals surface area contributed by atoms with Gasteiger partial charge in [0.1, 0.15) is 17.1 Å². The second-order valence-electron chi connectivity index (χ2n) is 7.08. The average Bonchev–Trinajstić information content (AvgIpc) is 3.16.